The molecule has 176 valence electrons. The number of hydrogen-bond acceptors (Lipinski definition) is 7. The summed E-state index contributed by atoms with van der Waals surface area (Å²) in [4.78, 5) is 34.5. The fourth-order valence-electron chi connectivity index (χ4n) is 4.10. The Morgan fingerprint density at radius 3 is 3.00 bits per heavy atom. The van der Waals surface area contributed by atoms with E-state index in [0.29, 0.717) is 37.1 Å². The van der Waals surface area contributed by atoms with Gasteiger partial charge in [-0.3, -0.25) is 9.59 Å². The number of aromatic amines is 1. The molecule has 1 amide bonds. The summed E-state index contributed by atoms with van der Waals surface area (Å²) in [5.74, 6) is 2.15. The average molecular weight is 496 g/mol. The first-order valence-corrected chi connectivity index (χ1v) is 13.2. The topological polar surface area (TPSA) is 97.2 Å². The summed E-state index contributed by atoms with van der Waals surface area (Å²) in [5.41, 5.74) is 3.18. The van der Waals surface area contributed by atoms with E-state index in [2.05, 4.69) is 15.3 Å². The lowest BCUT2D eigenvalue weighted by Gasteiger charge is -2.08. The first kappa shape index (κ1) is 22.9. The molecule has 9 heteroatoms. The molecular weight excluding hydrogens is 470 g/mol. The van der Waals surface area contributed by atoms with Crippen LogP contribution in [0.15, 0.2) is 51.9 Å². The summed E-state index contributed by atoms with van der Waals surface area (Å²) < 4.78 is 10.9. The number of nitrogens with one attached hydrogen (secondary N) is 2. The van der Waals surface area contributed by atoms with E-state index in [0.717, 1.165) is 46.4 Å². The minimum Gasteiger partial charge on any atom is -0.467 e. The molecule has 0 saturated heterocycles. The van der Waals surface area contributed by atoms with Crippen LogP contribution in [0.25, 0.3) is 10.2 Å². The largest absolute Gasteiger partial charge is 0.467 e. The second kappa shape index (κ2) is 10.6. The summed E-state index contributed by atoms with van der Waals surface area (Å²) in [6.07, 6.45) is 4.76. The van der Waals surface area contributed by atoms with Crippen molar-refractivity contribution in [2.24, 2.45) is 0 Å². The van der Waals surface area contributed by atoms with Gasteiger partial charge in [0, 0.05) is 11.4 Å². The van der Waals surface area contributed by atoms with Gasteiger partial charge in [-0.05, 0) is 48.1 Å². The molecule has 7 nitrogen and oxygen atoms in total. The highest BCUT2D eigenvalue weighted by molar-refractivity contribution is 7.99. The molecular formula is C25H25N3O4S2. The molecule has 2 N–H and O–H groups in total. The molecule has 0 aliphatic heterocycles. The number of carbonyl (C=O) groups excluding carboxylic acids is 1. The molecule has 0 radical (unpaired) electrons. The van der Waals surface area contributed by atoms with Gasteiger partial charge in [-0.25, -0.2) is 4.98 Å². The van der Waals surface area contributed by atoms with Crippen LogP contribution in [-0.2, 0) is 47.9 Å². The number of ether oxygens (including phenoxy) is 1. The third kappa shape index (κ3) is 5.43. The molecule has 3 aromatic heterocycles. The number of amides is 1. The van der Waals surface area contributed by atoms with Crippen LogP contribution < -0.4 is 10.9 Å². The monoisotopic (exact) mass is 495 g/mol. The molecule has 4 aromatic rings. The highest BCUT2D eigenvalue weighted by Crippen LogP contribution is 2.34. The maximum atomic E-state index is 12.5. The number of thioether (sulfide) groups is 1. The molecule has 0 fully saturated rings. The second-order valence-electron chi connectivity index (χ2n) is 8.21. The summed E-state index contributed by atoms with van der Waals surface area (Å²) in [6.45, 7) is 1.35. The molecule has 0 saturated carbocycles. The first-order valence-electron chi connectivity index (χ1n) is 11.2. The minimum atomic E-state index is -0.0579. The number of H-pyrrole nitrogens is 1. The van der Waals surface area contributed by atoms with Crippen molar-refractivity contribution in [3.63, 3.8) is 0 Å². The fraction of sp³-hybridized carbons (Fsp3) is 0.320. The quantitative estimate of drug-likeness (QED) is 0.340. The van der Waals surface area contributed by atoms with Gasteiger partial charge in [0.15, 0.2) is 0 Å². The Labute approximate surface area is 204 Å². The smallest absolute Gasteiger partial charge is 0.259 e. The van der Waals surface area contributed by atoms with Crippen LogP contribution in [0, 0.1) is 0 Å². The van der Waals surface area contributed by atoms with E-state index in [4.69, 9.17) is 9.15 Å². The molecule has 1 aliphatic carbocycles. The van der Waals surface area contributed by atoms with Gasteiger partial charge < -0.3 is 19.5 Å². The van der Waals surface area contributed by atoms with E-state index in [-0.39, 0.29) is 11.5 Å². The Morgan fingerprint density at radius 2 is 2.12 bits per heavy atom. The summed E-state index contributed by atoms with van der Waals surface area (Å²) in [7, 11) is 0. The van der Waals surface area contributed by atoms with Crippen molar-refractivity contribution in [2.75, 3.05) is 5.75 Å². The van der Waals surface area contributed by atoms with Crippen LogP contribution in [0.4, 0.5) is 0 Å². The number of nitrogens with zero attached hydrogens (tertiary/aromatic N) is 1. The maximum Gasteiger partial charge on any atom is 0.259 e. The van der Waals surface area contributed by atoms with E-state index >= 15 is 0 Å². The molecule has 34 heavy (non-hydrogen) atoms. The molecule has 0 spiro atoms. The van der Waals surface area contributed by atoms with Crippen LogP contribution in [0.2, 0.25) is 0 Å². The SMILES string of the molecule is O=C(CSCc1nc2sc3c(c2c(=O)[nH]1)CCC3)NCc1cccc(COCc2ccco2)c1. The van der Waals surface area contributed by atoms with E-state index < -0.39 is 0 Å². The van der Waals surface area contributed by atoms with E-state index in [1.54, 1.807) is 17.6 Å². The van der Waals surface area contributed by atoms with Crippen molar-refractivity contribution in [1.82, 2.24) is 15.3 Å². The third-order valence-corrected chi connectivity index (χ3v) is 7.80. The van der Waals surface area contributed by atoms with E-state index in [9.17, 15) is 9.59 Å². The lowest BCUT2D eigenvalue weighted by molar-refractivity contribution is -0.118. The predicted molar refractivity (Wildman–Crippen MR) is 134 cm³/mol. The molecule has 3 heterocycles. The molecule has 1 aliphatic rings. The van der Waals surface area contributed by atoms with Gasteiger partial charge >= 0.3 is 0 Å². The number of benzene rings is 1. The number of thiophene rings is 1. The Hall–Kier alpha value is -2.88. The number of aryl methyl sites for hydroxylation is 2. The highest BCUT2D eigenvalue weighted by Gasteiger charge is 2.21. The normalized spacial score (nSPS) is 12.8. The number of hydrogen-bond donors (Lipinski definition) is 2. The Bertz CT molecular complexity index is 1340. The van der Waals surface area contributed by atoms with E-state index in [1.807, 2.05) is 36.4 Å². The van der Waals surface area contributed by atoms with Crippen LogP contribution in [0.1, 0.15) is 39.6 Å². The van der Waals surface area contributed by atoms with Crippen LogP contribution >= 0.6 is 23.1 Å². The maximum absolute atomic E-state index is 12.5. The number of fused-ring (bicyclic) bond motifs is 3. The van der Waals surface area contributed by atoms with Crippen molar-refractivity contribution >= 4 is 39.2 Å². The fourth-order valence-corrected chi connectivity index (χ4v) is 6.10. The van der Waals surface area contributed by atoms with Gasteiger partial charge in [-0.1, -0.05) is 24.3 Å². The van der Waals surface area contributed by atoms with Crippen LogP contribution in [0.5, 0.6) is 0 Å². The van der Waals surface area contributed by atoms with Gasteiger partial charge in [-0.15, -0.1) is 23.1 Å². The second-order valence-corrected chi connectivity index (χ2v) is 10.3. The van der Waals surface area contributed by atoms with Gasteiger partial charge in [-0.2, -0.15) is 0 Å². The average Bonchev–Trinajstić information content (AvgIpc) is 3.56. The molecule has 0 unspecified atom stereocenters. The Balaban J connectivity index is 1.07. The number of carbonyl (C=O) groups is 1. The molecule has 5 rings (SSSR count). The van der Waals surface area contributed by atoms with Crippen molar-refractivity contribution in [2.45, 2.75) is 44.8 Å². The van der Waals surface area contributed by atoms with Gasteiger partial charge in [0.1, 0.15) is 23.0 Å². The summed E-state index contributed by atoms with van der Waals surface area (Å²) >= 11 is 3.07. The first-order chi connectivity index (χ1) is 16.7. The van der Waals surface area contributed by atoms with Gasteiger partial charge in [0.25, 0.3) is 5.56 Å². The number of rotatable bonds is 10. The number of furan rings is 1. The van der Waals surface area contributed by atoms with Crippen molar-refractivity contribution in [3.8, 4) is 0 Å². The van der Waals surface area contributed by atoms with Crippen molar-refractivity contribution in [1.29, 1.82) is 0 Å². The lowest BCUT2D eigenvalue weighted by atomic mass is 10.1. The Morgan fingerprint density at radius 1 is 1.21 bits per heavy atom. The standard InChI is InChI=1S/C25H25N3O4S2/c29-22(26-11-16-4-1-5-17(10-16)12-31-13-18-6-3-9-32-18)15-33-14-21-27-24(30)23-19-7-2-8-20(19)34-25(23)28-21/h1,3-6,9-10H,2,7-8,11-15H2,(H,26,29)(H,27,28,30). The summed E-state index contributed by atoms with van der Waals surface area (Å²) in [6, 6.07) is 11.7. The van der Waals surface area contributed by atoms with Crippen LogP contribution in [0.3, 0.4) is 0 Å². The minimum absolute atomic E-state index is 0.0528. The van der Waals surface area contributed by atoms with Gasteiger partial charge in [0.2, 0.25) is 5.91 Å². The zero-order valence-electron chi connectivity index (χ0n) is 18.6. The molecule has 0 atom stereocenters. The van der Waals surface area contributed by atoms with Crippen molar-refractivity contribution in [3.05, 3.63) is 86.2 Å². The predicted octanol–water partition coefficient (Wildman–Crippen LogP) is 4.33. The third-order valence-electron chi connectivity index (χ3n) is 5.67. The molecule has 1 aromatic carbocycles. The van der Waals surface area contributed by atoms with Crippen molar-refractivity contribution < 1.29 is 13.9 Å². The van der Waals surface area contributed by atoms with E-state index in [1.165, 1.54) is 22.2 Å². The number of aromatic nitrogens is 2. The summed E-state index contributed by atoms with van der Waals surface area (Å²) in [5, 5.41) is 3.71. The lowest BCUT2D eigenvalue weighted by Crippen LogP contribution is -2.24. The van der Waals surface area contributed by atoms with Crippen LogP contribution in [-0.4, -0.2) is 21.6 Å². The zero-order chi connectivity index (χ0) is 23.3. The van der Waals surface area contributed by atoms with Gasteiger partial charge in [0.05, 0.1) is 29.8 Å². The highest BCUT2D eigenvalue weighted by atomic mass is 32.2. The Kier molecular flexibility index (Phi) is 7.13. The zero-order valence-corrected chi connectivity index (χ0v) is 20.2. The molecule has 0 bridgehead atoms.